The van der Waals surface area contributed by atoms with Crippen LogP contribution in [-0.4, -0.2) is 11.2 Å². The maximum Gasteiger partial charge on any atom is 0.215 e. The van der Waals surface area contributed by atoms with Gasteiger partial charge in [0.15, 0.2) is 0 Å². The number of fused-ring (bicyclic) bond motifs is 1. The van der Waals surface area contributed by atoms with Gasteiger partial charge in [0.2, 0.25) is 5.12 Å². The Morgan fingerprint density at radius 1 is 1.54 bits per heavy atom. The van der Waals surface area contributed by atoms with Gasteiger partial charge in [0.1, 0.15) is 0 Å². The Kier molecular flexibility index (Phi) is 1.92. The van der Waals surface area contributed by atoms with E-state index in [1.54, 1.807) is 6.07 Å². The van der Waals surface area contributed by atoms with Crippen molar-refractivity contribution in [3.63, 3.8) is 0 Å². The monoisotopic (exact) mass is 194 g/mol. The number of carbonyl (C=O) groups is 1. The third-order valence-electron chi connectivity index (χ3n) is 1.97. The van der Waals surface area contributed by atoms with Crippen LogP contribution >= 0.6 is 11.8 Å². The fraction of sp³-hybridized carbons (Fsp3) is 0.222. The third-order valence-corrected chi connectivity index (χ3v) is 3.19. The Morgan fingerprint density at radius 2 is 2.31 bits per heavy atom. The van der Waals surface area contributed by atoms with E-state index in [4.69, 9.17) is 5.73 Å². The quantitative estimate of drug-likeness (QED) is 0.617. The van der Waals surface area contributed by atoms with Gasteiger partial charge in [-0.15, -0.1) is 0 Å². The van der Waals surface area contributed by atoms with Crippen LogP contribution in [0.15, 0.2) is 23.1 Å². The highest BCUT2D eigenvalue weighted by Gasteiger charge is 2.23. The second-order valence-electron chi connectivity index (χ2n) is 3.01. The molecular formula is C9H10N2OS. The third kappa shape index (κ3) is 1.37. The summed E-state index contributed by atoms with van der Waals surface area (Å²) < 4.78 is 0. The average Bonchev–Trinajstić information content (AvgIpc) is 2.09. The first-order valence-corrected chi connectivity index (χ1v) is 4.87. The molecule has 0 aromatic heterocycles. The van der Waals surface area contributed by atoms with Crippen molar-refractivity contribution in [3.05, 3.63) is 18.2 Å². The van der Waals surface area contributed by atoms with Crippen molar-refractivity contribution >= 4 is 28.3 Å². The molecule has 0 saturated carbocycles. The zero-order chi connectivity index (χ0) is 9.42. The molecule has 1 heterocycles. The molecule has 0 amide bonds. The molecule has 0 radical (unpaired) electrons. The van der Waals surface area contributed by atoms with Crippen molar-refractivity contribution in [2.24, 2.45) is 0 Å². The Morgan fingerprint density at radius 3 is 3.08 bits per heavy atom. The zero-order valence-electron chi connectivity index (χ0n) is 7.20. The summed E-state index contributed by atoms with van der Waals surface area (Å²) in [7, 11) is 0. The minimum absolute atomic E-state index is 0.116. The highest BCUT2D eigenvalue weighted by atomic mass is 32.2. The predicted molar refractivity (Wildman–Crippen MR) is 54.8 cm³/mol. The number of hydrogen-bond donors (Lipinski definition) is 2. The van der Waals surface area contributed by atoms with Gasteiger partial charge in [-0.05, 0) is 30.8 Å². The Balaban J connectivity index is 2.48. The fourth-order valence-corrected chi connectivity index (χ4v) is 2.12. The van der Waals surface area contributed by atoms with E-state index in [1.165, 1.54) is 11.8 Å². The number of rotatable bonds is 0. The zero-order valence-corrected chi connectivity index (χ0v) is 8.02. The lowest BCUT2D eigenvalue weighted by Gasteiger charge is -2.22. The van der Waals surface area contributed by atoms with Crippen LogP contribution in [0.3, 0.4) is 0 Å². The summed E-state index contributed by atoms with van der Waals surface area (Å²) in [6.07, 6.45) is 0. The molecule has 0 fully saturated rings. The van der Waals surface area contributed by atoms with Gasteiger partial charge in [-0.1, -0.05) is 6.07 Å². The summed E-state index contributed by atoms with van der Waals surface area (Å²) in [4.78, 5) is 12.2. The molecule has 0 spiro atoms. The van der Waals surface area contributed by atoms with Crippen molar-refractivity contribution in [1.29, 1.82) is 0 Å². The molecule has 0 saturated heterocycles. The van der Waals surface area contributed by atoms with E-state index >= 15 is 0 Å². The summed E-state index contributed by atoms with van der Waals surface area (Å²) in [5.74, 6) is 0. The lowest BCUT2D eigenvalue weighted by molar-refractivity contribution is -0.111. The van der Waals surface area contributed by atoms with E-state index in [-0.39, 0.29) is 11.2 Å². The number of thioether (sulfide) groups is 1. The SMILES string of the molecule is CC1Nc2cccc(N)c2SC1=O. The van der Waals surface area contributed by atoms with Crippen LogP contribution in [-0.2, 0) is 4.79 Å². The average molecular weight is 194 g/mol. The summed E-state index contributed by atoms with van der Waals surface area (Å²) in [5.41, 5.74) is 7.35. The number of nitrogens with two attached hydrogens (primary N) is 1. The molecule has 3 nitrogen and oxygen atoms in total. The van der Waals surface area contributed by atoms with Crippen molar-refractivity contribution in [2.45, 2.75) is 17.9 Å². The molecule has 0 bridgehead atoms. The maximum atomic E-state index is 11.4. The summed E-state index contributed by atoms with van der Waals surface area (Å²) >= 11 is 1.22. The van der Waals surface area contributed by atoms with Crippen LogP contribution in [0.5, 0.6) is 0 Å². The minimum Gasteiger partial charge on any atom is -0.398 e. The molecule has 2 rings (SSSR count). The number of anilines is 2. The van der Waals surface area contributed by atoms with Gasteiger partial charge < -0.3 is 11.1 Å². The van der Waals surface area contributed by atoms with Crippen LogP contribution < -0.4 is 11.1 Å². The van der Waals surface area contributed by atoms with Crippen molar-refractivity contribution < 1.29 is 4.79 Å². The molecule has 68 valence electrons. The van der Waals surface area contributed by atoms with E-state index in [0.29, 0.717) is 5.69 Å². The topological polar surface area (TPSA) is 55.1 Å². The molecule has 4 heteroatoms. The first-order valence-electron chi connectivity index (χ1n) is 4.05. The molecule has 1 unspecified atom stereocenters. The van der Waals surface area contributed by atoms with Gasteiger partial charge in [0.25, 0.3) is 0 Å². The molecule has 1 aromatic rings. The van der Waals surface area contributed by atoms with Gasteiger partial charge in [-0.2, -0.15) is 0 Å². The lowest BCUT2D eigenvalue weighted by Crippen LogP contribution is -2.27. The van der Waals surface area contributed by atoms with Crippen molar-refractivity contribution in [3.8, 4) is 0 Å². The van der Waals surface area contributed by atoms with Crippen molar-refractivity contribution in [2.75, 3.05) is 11.1 Å². The smallest absolute Gasteiger partial charge is 0.215 e. The Labute approximate surface area is 80.7 Å². The highest BCUT2D eigenvalue weighted by molar-refractivity contribution is 8.14. The largest absolute Gasteiger partial charge is 0.398 e. The summed E-state index contributed by atoms with van der Waals surface area (Å²) in [5, 5.41) is 3.22. The Bertz CT molecular complexity index is 365. The normalized spacial score (nSPS) is 20.7. The van der Waals surface area contributed by atoms with Gasteiger partial charge in [0, 0.05) is 5.69 Å². The molecule has 3 N–H and O–H groups in total. The van der Waals surface area contributed by atoms with E-state index in [1.807, 2.05) is 19.1 Å². The number of benzene rings is 1. The molecule has 13 heavy (non-hydrogen) atoms. The van der Waals surface area contributed by atoms with Crippen LogP contribution in [0.1, 0.15) is 6.92 Å². The Hall–Kier alpha value is -1.16. The lowest BCUT2D eigenvalue weighted by atomic mass is 10.2. The van der Waals surface area contributed by atoms with Crippen LogP contribution in [0, 0.1) is 0 Å². The number of hydrogen-bond acceptors (Lipinski definition) is 4. The predicted octanol–water partition coefficient (Wildman–Crippen LogP) is 1.70. The first-order chi connectivity index (χ1) is 6.18. The van der Waals surface area contributed by atoms with Crippen LogP contribution in [0.4, 0.5) is 11.4 Å². The van der Waals surface area contributed by atoms with Gasteiger partial charge in [0.05, 0.1) is 16.6 Å². The minimum atomic E-state index is -0.126. The molecule has 0 aliphatic carbocycles. The van der Waals surface area contributed by atoms with E-state index < -0.39 is 0 Å². The second-order valence-corrected chi connectivity index (χ2v) is 4.03. The number of nitrogen functional groups attached to an aromatic ring is 1. The van der Waals surface area contributed by atoms with Crippen LogP contribution in [0.25, 0.3) is 0 Å². The number of nitrogens with one attached hydrogen (secondary N) is 1. The molecule has 1 aliphatic rings. The van der Waals surface area contributed by atoms with Gasteiger partial charge in [-0.3, -0.25) is 4.79 Å². The van der Waals surface area contributed by atoms with Crippen molar-refractivity contribution in [1.82, 2.24) is 0 Å². The van der Waals surface area contributed by atoms with E-state index in [0.717, 1.165) is 10.6 Å². The second kappa shape index (κ2) is 2.96. The summed E-state index contributed by atoms with van der Waals surface area (Å²) in [6, 6.07) is 5.49. The fourth-order valence-electron chi connectivity index (χ4n) is 1.26. The molecule has 1 aromatic carbocycles. The maximum absolute atomic E-state index is 11.4. The molecule has 1 atom stereocenters. The first kappa shape index (κ1) is 8.44. The van der Waals surface area contributed by atoms with Gasteiger partial charge in [-0.25, -0.2) is 0 Å². The number of carbonyl (C=O) groups excluding carboxylic acids is 1. The van der Waals surface area contributed by atoms with Crippen LogP contribution in [0.2, 0.25) is 0 Å². The highest BCUT2D eigenvalue weighted by Crippen LogP contribution is 2.37. The summed E-state index contributed by atoms with van der Waals surface area (Å²) in [6.45, 7) is 1.85. The molecule has 1 aliphatic heterocycles. The van der Waals surface area contributed by atoms with E-state index in [9.17, 15) is 4.79 Å². The standard InChI is InChI=1S/C9H10N2OS/c1-5-9(12)13-8-6(10)3-2-4-7(8)11-5/h2-5,11H,10H2,1H3. The van der Waals surface area contributed by atoms with Gasteiger partial charge >= 0.3 is 0 Å². The van der Waals surface area contributed by atoms with E-state index in [2.05, 4.69) is 5.32 Å². The molecular weight excluding hydrogens is 184 g/mol.